The first kappa shape index (κ1) is 23.6. The Balaban J connectivity index is 1.53. The number of thioether (sulfide) groups is 1. The summed E-state index contributed by atoms with van der Waals surface area (Å²) in [5.41, 5.74) is 3.04. The summed E-state index contributed by atoms with van der Waals surface area (Å²) in [4.78, 5) is 18.1. The minimum absolute atomic E-state index is 0.121. The number of anilines is 1. The van der Waals surface area contributed by atoms with Crippen LogP contribution in [0.3, 0.4) is 0 Å². The van der Waals surface area contributed by atoms with Gasteiger partial charge in [0.25, 0.3) is 0 Å². The fraction of sp³-hybridized carbons (Fsp3) is 0.370. The molecule has 182 valence electrons. The Bertz CT molecular complexity index is 1300. The second-order valence-corrected chi connectivity index (χ2v) is 10.8. The van der Waals surface area contributed by atoms with Crippen LogP contribution in [0, 0.1) is 11.2 Å². The van der Waals surface area contributed by atoms with Crippen LogP contribution in [0.4, 0.5) is 10.3 Å². The van der Waals surface area contributed by atoms with Gasteiger partial charge in [0.2, 0.25) is 11.1 Å². The molecule has 35 heavy (non-hydrogen) atoms. The maximum absolute atomic E-state index is 14.1. The number of halogens is 1. The number of fused-ring (bicyclic) bond motifs is 1. The molecule has 5 rings (SSSR count). The van der Waals surface area contributed by atoms with Crippen molar-refractivity contribution in [3.05, 3.63) is 76.7 Å². The van der Waals surface area contributed by atoms with Gasteiger partial charge in [0.1, 0.15) is 17.6 Å². The van der Waals surface area contributed by atoms with E-state index in [1.54, 1.807) is 16.8 Å². The lowest BCUT2D eigenvalue weighted by atomic mass is 9.73. The average molecular weight is 493 g/mol. The third-order valence-electron chi connectivity index (χ3n) is 6.27. The van der Waals surface area contributed by atoms with Gasteiger partial charge in [0, 0.05) is 23.4 Å². The molecule has 1 aliphatic carbocycles. The van der Waals surface area contributed by atoms with Gasteiger partial charge in [-0.1, -0.05) is 62.9 Å². The molecule has 0 bridgehead atoms. The molecule has 3 aromatic rings. The van der Waals surface area contributed by atoms with Gasteiger partial charge in [0.15, 0.2) is 5.78 Å². The van der Waals surface area contributed by atoms with Crippen LogP contribution in [0.25, 0.3) is 0 Å². The van der Waals surface area contributed by atoms with Gasteiger partial charge in [-0.15, -0.1) is 5.10 Å². The first-order valence-electron chi connectivity index (χ1n) is 11.9. The van der Waals surface area contributed by atoms with Crippen molar-refractivity contribution in [2.24, 2.45) is 5.41 Å². The second-order valence-electron chi connectivity index (χ2n) is 9.82. The average Bonchev–Trinajstić information content (AvgIpc) is 3.22. The molecule has 1 aliphatic heterocycles. The minimum Gasteiger partial charge on any atom is -0.494 e. The Morgan fingerprint density at radius 2 is 2.03 bits per heavy atom. The predicted molar refractivity (Wildman–Crippen MR) is 135 cm³/mol. The number of benzene rings is 2. The van der Waals surface area contributed by atoms with Crippen LogP contribution in [-0.4, -0.2) is 27.2 Å². The Morgan fingerprint density at radius 1 is 1.20 bits per heavy atom. The van der Waals surface area contributed by atoms with Crippen molar-refractivity contribution >= 4 is 23.5 Å². The lowest BCUT2D eigenvalue weighted by molar-refractivity contribution is -0.118. The van der Waals surface area contributed by atoms with Crippen LogP contribution in [0.15, 0.2) is 65.0 Å². The molecular weight excluding hydrogens is 463 g/mol. The summed E-state index contributed by atoms with van der Waals surface area (Å²) in [6.45, 7) is 6.92. The van der Waals surface area contributed by atoms with E-state index in [1.165, 1.54) is 17.8 Å². The van der Waals surface area contributed by atoms with Crippen LogP contribution >= 0.6 is 11.8 Å². The van der Waals surface area contributed by atoms with Crippen molar-refractivity contribution in [2.75, 3.05) is 11.9 Å². The molecule has 0 spiro atoms. The van der Waals surface area contributed by atoms with Gasteiger partial charge < -0.3 is 10.1 Å². The van der Waals surface area contributed by atoms with E-state index in [1.807, 2.05) is 30.3 Å². The van der Waals surface area contributed by atoms with Crippen molar-refractivity contribution < 1.29 is 13.9 Å². The molecule has 1 atom stereocenters. The number of allylic oxidation sites excluding steroid dienone is 2. The summed E-state index contributed by atoms with van der Waals surface area (Å²) < 4.78 is 21.8. The highest BCUT2D eigenvalue weighted by atomic mass is 32.2. The summed E-state index contributed by atoms with van der Waals surface area (Å²) in [6.07, 6.45) is 2.15. The number of rotatable bonds is 7. The molecule has 0 saturated heterocycles. The largest absolute Gasteiger partial charge is 0.494 e. The van der Waals surface area contributed by atoms with E-state index in [2.05, 4.69) is 26.1 Å². The van der Waals surface area contributed by atoms with E-state index in [4.69, 9.17) is 14.8 Å². The molecule has 2 heterocycles. The van der Waals surface area contributed by atoms with E-state index in [9.17, 15) is 9.18 Å². The Hall–Kier alpha value is -3.13. The topological polar surface area (TPSA) is 69.0 Å². The highest BCUT2D eigenvalue weighted by Gasteiger charge is 2.42. The number of hydrogen-bond acceptors (Lipinski definition) is 6. The number of ether oxygens (including phenoxy) is 1. The number of nitrogens with zero attached hydrogens (tertiary/aromatic N) is 3. The van der Waals surface area contributed by atoms with Gasteiger partial charge in [-0.25, -0.2) is 9.07 Å². The zero-order valence-corrected chi connectivity index (χ0v) is 21.0. The maximum atomic E-state index is 14.1. The Kier molecular flexibility index (Phi) is 6.40. The molecule has 8 heteroatoms. The molecule has 1 unspecified atom stereocenters. The minimum atomic E-state index is -0.398. The number of aromatic nitrogens is 3. The molecule has 6 nitrogen and oxygen atoms in total. The van der Waals surface area contributed by atoms with Crippen LogP contribution in [0.2, 0.25) is 0 Å². The van der Waals surface area contributed by atoms with Crippen molar-refractivity contribution in [1.29, 1.82) is 0 Å². The molecule has 1 aromatic heterocycles. The zero-order chi connectivity index (χ0) is 24.6. The van der Waals surface area contributed by atoms with Gasteiger partial charge in [-0.05, 0) is 47.6 Å². The fourth-order valence-corrected chi connectivity index (χ4v) is 5.53. The van der Waals surface area contributed by atoms with Gasteiger partial charge in [0.05, 0.1) is 6.61 Å². The van der Waals surface area contributed by atoms with E-state index < -0.39 is 6.04 Å². The van der Waals surface area contributed by atoms with Crippen LogP contribution < -0.4 is 10.1 Å². The predicted octanol–water partition coefficient (Wildman–Crippen LogP) is 6.16. The van der Waals surface area contributed by atoms with Gasteiger partial charge >= 0.3 is 0 Å². The summed E-state index contributed by atoms with van der Waals surface area (Å²) in [5.74, 6) is 1.66. The molecule has 2 aromatic carbocycles. The summed E-state index contributed by atoms with van der Waals surface area (Å²) in [5, 5.41) is 8.69. The molecule has 0 radical (unpaired) electrons. The summed E-state index contributed by atoms with van der Waals surface area (Å²) in [7, 11) is 0. The molecule has 0 saturated carbocycles. The zero-order valence-electron chi connectivity index (χ0n) is 20.2. The first-order chi connectivity index (χ1) is 16.8. The third-order valence-corrected chi connectivity index (χ3v) is 7.16. The van der Waals surface area contributed by atoms with Crippen molar-refractivity contribution in [1.82, 2.24) is 14.8 Å². The summed E-state index contributed by atoms with van der Waals surface area (Å²) >= 11 is 1.38. The quantitative estimate of drug-likeness (QED) is 0.399. The second kappa shape index (κ2) is 9.49. The number of carbonyl (C=O) groups is 1. The third kappa shape index (κ3) is 4.85. The molecule has 0 amide bonds. The number of hydrogen-bond donors (Lipinski definition) is 1. The Labute approximate surface area is 209 Å². The fourth-order valence-electron chi connectivity index (χ4n) is 4.71. The van der Waals surface area contributed by atoms with Gasteiger partial charge in [-0.3, -0.25) is 4.79 Å². The molecule has 2 aliphatic rings. The molecule has 1 N–H and O–H groups in total. The van der Waals surface area contributed by atoms with Crippen molar-refractivity contribution in [3.8, 4) is 5.75 Å². The molecular formula is C27H29FN4O2S. The lowest BCUT2D eigenvalue weighted by Gasteiger charge is -2.38. The van der Waals surface area contributed by atoms with Crippen LogP contribution in [0.5, 0.6) is 5.75 Å². The lowest BCUT2D eigenvalue weighted by Crippen LogP contribution is -2.36. The van der Waals surface area contributed by atoms with E-state index in [0.717, 1.165) is 35.4 Å². The van der Waals surface area contributed by atoms with Gasteiger partial charge in [-0.2, -0.15) is 4.98 Å². The highest BCUT2D eigenvalue weighted by molar-refractivity contribution is 7.98. The summed E-state index contributed by atoms with van der Waals surface area (Å²) in [6, 6.07) is 14.2. The van der Waals surface area contributed by atoms with Crippen molar-refractivity contribution in [3.63, 3.8) is 0 Å². The van der Waals surface area contributed by atoms with Crippen LogP contribution in [-0.2, 0) is 10.5 Å². The Morgan fingerprint density at radius 3 is 2.83 bits per heavy atom. The SMILES string of the molecule is CCCOc1cccc(C2C3=C(CC(C)(C)CC3=O)Nc3nc(SCc4ccccc4F)nn32)c1. The highest BCUT2D eigenvalue weighted by Crippen LogP contribution is 2.46. The van der Waals surface area contributed by atoms with E-state index in [-0.39, 0.29) is 17.0 Å². The normalized spacial score (nSPS) is 18.6. The first-order valence-corrected chi connectivity index (χ1v) is 12.9. The van der Waals surface area contributed by atoms with E-state index in [0.29, 0.717) is 35.4 Å². The number of nitrogens with one attached hydrogen (secondary N) is 1. The van der Waals surface area contributed by atoms with E-state index >= 15 is 0 Å². The standard InChI is InChI=1S/C27H29FN4O2S/c1-4-12-34-19-10-7-9-17(13-19)24-23-21(14-27(2,3)15-22(23)33)29-25-30-26(31-32(24)25)35-16-18-8-5-6-11-20(18)28/h5-11,13,24H,4,12,14-16H2,1-3H3,(H,29,30,31). The maximum Gasteiger partial charge on any atom is 0.227 e. The monoisotopic (exact) mass is 492 g/mol. The van der Waals surface area contributed by atoms with Crippen LogP contribution in [0.1, 0.15) is 57.2 Å². The number of Topliss-reactive ketones (excluding diaryl/α,β-unsaturated/α-hetero) is 1. The number of carbonyl (C=O) groups excluding carboxylic acids is 1. The van der Waals surface area contributed by atoms with Crippen molar-refractivity contribution in [2.45, 2.75) is 57.0 Å². The number of ketones is 1. The molecule has 0 fully saturated rings. The smallest absolute Gasteiger partial charge is 0.227 e.